The molecule has 0 aromatic heterocycles. The lowest BCUT2D eigenvalue weighted by Gasteiger charge is -2.26. The molecule has 0 radical (unpaired) electrons. The average Bonchev–Trinajstić information content (AvgIpc) is 2.37. The van der Waals surface area contributed by atoms with Crippen molar-refractivity contribution in [2.45, 2.75) is 19.9 Å². The summed E-state index contributed by atoms with van der Waals surface area (Å²) in [5, 5.41) is 2.76. The van der Waals surface area contributed by atoms with Crippen LogP contribution in [0.2, 0.25) is 0 Å². The van der Waals surface area contributed by atoms with Crippen LogP contribution >= 0.6 is 0 Å². The normalized spacial score (nSPS) is 19.3. The van der Waals surface area contributed by atoms with Crippen LogP contribution in [-0.2, 0) is 4.79 Å². The first-order valence-electron chi connectivity index (χ1n) is 5.49. The molecule has 1 aliphatic heterocycles. The Morgan fingerprint density at radius 3 is 2.88 bits per heavy atom. The van der Waals surface area contributed by atoms with Gasteiger partial charge >= 0.3 is 0 Å². The predicted octanol–water partition coefficient (Wildman–Crippen LogP) is 0.754. The molecule has 2 amide bonds. The van der Waals surface area contributed by atoms with Crippen LogP contribution in [0.3, 0.4) is 0 Å². The van der Waals surface area contributed by atoms with Crippen molar-refractivity contribution in [2.24, 2.45) is 0 Å². The lowest BCUT2D eigenvalue weighted by molar-refractivity contribution is -0.116. The summed E-state index contributed by atoms with van der Waals surface area (Å²) in [7, 11) is 0. The van der Waals surface area contributed by atoms with E-state index in [4.69, 9.17) is 5.73 Å². The maximum Gasteiger partial charge on any atom is 0.255 e. The molecule has 1 aliphatic rings. The van der Waals surface area contributed by atoms with Crippen LogP contribution in [0.25, 0.3) is 0 Å². The Balaban J connectivity index is 2.65. The molecular formula is C12H15N3O2. The number of anilines is 2. The number of carbonyl (C=O) groups is 2. The summed E-state index contributed by atoms with van der Waals surface area (Å²) in [6.45, 7) is 3.80. The Hall–Kier alpha value is -2.04. The molecule has 0 aliphatic carbocycles. The van der Waals surface area contributed by atoms with Crippen LogP contribution < -0.4 is 16.0 Å². The number of nitrogens with two attached hydrogens (primary N) is 1. The number of nitrogens with one attached hydrogen (secondary N) is 1. The van der Waals surface area contributed by atoms with Gasteiger partial charge in [0.15, 0.2) is 0 Å². The van der Waals surface area contributed by atoms with Crippen molar-refractivity contribution in [1.29, 1.82) is 0 Å². The van der Waals surface area contributed by atoms with Crippen LogP contribution in [0.15, 0.2) is 18.2 Å². The van der Waals surface area contributed by atoms with E-state index in [2.05, 4.69) is 5.32 Å². The van der Waals surface area contributed by atoms with Gasteiger partial charge in [-0.2, -0.15) is 0 Å². The molecule has 1 aromatic rings. The average molecular weight is 233 g/mol. The zero-order valence-electron chi connectivity index (χ0n) is 9.86. The van der Waals surface area contributed by atoms with E-state index in [0.717, 1.165) is 0 Å². The van der Waals surface area contributed by atoms with Gasteiger partial charge < -0.3 is 16.0 Å². The molecule has 17 heavy (non-hydrogen) atoms. The SMILES string of the molecule is CC(=O)N1c2cccc(N)c2C(=O)NCC1C. The van der Waals surface area contributed by atoms with E-state index in [-0.39, 0.29) is 17.9 Å². The molecule has 0 saturated carbocycles. The van der Waals surface area contributed by atoms with E-state index in [1.807, 2.05) is 6.92 Å². The zero-order valence-corrected chi connectivity index (χ0v) is 9.86. The molecule has 90 valence electrons. The first-order chi connectivity index (χ1) is 8.02. The number of hydrogen-bond acceptors (Lipinski definition) is 3. The molecule has 0 bridgehead atoms. The number of nitrogen functional groups attached to an aromatic ring is 1. The highest BCUT2D eigenvalue weighted by Crippen LogP contribution is 2.29. The quantitative estimate of drug-likeness (QED) is 0.649. The van der Waals surface area contributed by atoms with Crippen LogP contribution in [0.4, 0.5) is 11.4 Å². The van der Waals surface area contributed by atoms with Crippen molar-refractivity contribution >= 4 is 23.2 Å². The van der Waals surface area contributed by atoms with Gasteiger partial charge in [0.05, 0.1) is 17.3 Å². The molecule has 1 heterocycles. The summed E-state index contributed by atoms with van der Waals surface area (Å²) in [5.41, 5.74) is 7.16. The Kier molecular flexibility index (Phi) is 2.75. The minimum Gasteiger partial charge on any atom is -0.398 e. The molecule has 0 spiro atoms. The molecule has 5 heteroatoms. The van der Waals surface area contributed by atoms with E-state index in [9.17, 15) is 9.59 Å². The van der Waals surface area contributed by atoms with Crippen LogP contribution in [-0.4, -0.2) is 24.4 Å². The summed E-state index contributed by atoms with van der Waals surface area (Å²) in [6.07, 6.45) is 0. The van der Waals surface area contributed by atoms with Crippen LogP contribution in [0.1, 0.15) is 24.2 Å². The minimum atomic E-state index is -0.228. The van der Waals surface area contributed by atoms with Crippen molar-refractivity contribution in [2.75, 3.05) is 17.2 Å². The van der Waals surface area contributed by atoms with Gasteiger partial charge in [0.1, 0.15) is 0 Å². The molecule has 1 aromatic carbocycles. The summed E-state index contributed by atoms with van der Waals surface area (Å²) in [5.74, 6) is -0.324. The Morgan fingerprint density at radius 2 is 2.24 bits per heavy atom. The van der Waals surface area contributed by atoms with E-state index in [0.29, 0.717) is 23.5 Å². The summed E-state index contributed by atoms with van der Waals surface area (Å²) in [4.78, 5) is 25.2. The molecule has 2 rings (SSSR count). The standard InChI is InChI=1S/C12H15N3O2/c1-7-6-14-12(17)11-9(13)4-3-5-10(11)15(7)8(2)16/h3-5,7H,6,13H2,1-2H3,(H,14,17). The van der Waals surface area contributed by atoms with Crippen molar-refractivity contribution in [1.82, 2.24) is 5.32 Å². The summed E-state index contributed by atoms with van der Waals surface area (Å²) in [6, 6.07) is 5.07. The Morgan fingerprint density at radius 1 is 1.53 bits per heavy atom. The fraction of sp³-hybridized carbons (Fsp3) is 0.333. The Labute approximate surface area is 99.6 Å². The number of hydrogen-bond donors (Lipinski definition) is 2. The monoisotopic (exact) mass is 233 g/mol. The van der Waals surface area contributed by atoms with E-state index >= 15 is 0 Å². The van der Waals surface area contributed by atoms with E-state index in [1.165, 1.54) is 6.92 Å². The molecule has 0 saturated heterocycles. The van der Waals surface area contributed by atoms with Gasteiger partial charge in [-0.1, -0.05) is 6.07 Å². The van der Waals surface area contributed by atoms with Gasteiger partial charge in [-0.05, 0) is 19.1 Å². The molecular weight excluding hydrogens is 218 g/mol. The first-order valence-corrected chi connectivity index (χ1v) is 5.49. The maximum atomic E-state index is 11.9. The van der Waals surface area contributed by atoms with E-state index in [1.54, 1.807) is 23.1 Å². The van der Waals surface area contributed by atoms with Crippen molar-refractivity contribution in [3.63, 3.8) is 0 Å². The highest BCUT2D eigenvalue weighted by molar-refractivity contribution is 6.09. The largest absolute Gasteiger partial charge is 0.398 e. The third kappa shape index (κ3) is 1.84. The number of benzene rings is 1. The van der Waals surface area contributed by atoms with Gasteiger partial charge in [0.2, 0.25) is 5.91 Å². The Bertz CT molecular complexity index is 485. The van der Waals surface area contributed by atoms with Gasteiger partial charge in [0.25, 0.3) is 5.91 Å². The molecule has 0 fully saturated rings. The lowest BCUT2D eigenvalue weighted by atomic mass is 10.1. The summed E-state index contributed by atoms with van der Waals surface area (Å²) >= 11 is 0. The van der Waals surface area contributed by atoms with Gasteiger partial charge in [0, 0.05) is 19.2 Å². The minimum absolute atomic E-state index is 0.0838. The van der Waals surface area contributed by atoms with Crippen molar-refractivity contribution in [3.8, 4) is 0 Å². The number of fused-ring (bicyclic) bond motifs is 1. The van der Waals surface area contributed by atoms with Gasteiger partial charge in [-0.25, -0.2) is 0 Å². The number of rotatable bonds is 0. The van der Waals surface area contributed by atoms with Gasteiger partial charge in [-0.15, -0.1) is 0 Å². The zero-order chi connectivity index (χ0) is 12.6. The highest BCUT2D eigenvalue weighted by atomic mass is 16.2. The maximum absolute atomic E-state index is 11.9. The topological polar surface area (TPSA) is 75.4 Å². The van der Waals surface area contributed by atoms with Crippen LogP contribution in [0.5, 0.6) is 0 Å². The first kappa shape index (κ1) is 11.4. The molecule has 3 N–H and O–H groups in total. The summed E-state index contributed by atoms with van der Waals surface area (Å²) < 4.78 is 0. The second kappa shape index (κ2) is 4.08. The number of nitrogens with zero attached hydrogens (tertiary/aromatic N) is 1. The number of amides is 2. The van der Waals surface area contributed by atoms with Gasteiger partial charge in [-0.3, -0.25) is 9.59 Å². The second-order valence-corrected chi connectivity index (χ2v) is 4.19. The fourth-order valence-corrected chi connectivity index (χ4v) is 2.14. The van der Waals surface area contributed by atoms with Crippen LogP contribution in [0, 0.1) is 0 Å². The predicted molar refractivity (Wildman–Crippen MR) is 65.8 cm³/mol. The fourth-order valence-electron chi connectivity index (χ4n) is 2.14. The van der Waals surface area contributed by atoms with Crippen molar-refractivity contribution < 1.29 is 9.59 Å². The van der Waals surface area contributed by atoms with E-state index < -0.39 is 0 Å². The second-order valence-electron chi connectivity index (χ2n) is 4.19. The third-order valence-electron chi connectivity index (χ3n) is 2.90. The highest BCUT2D eigenvalue weighted by Gasteiger charge is 2.29. The third-order valence-corrected chi connectivity index (χ3v) is 2.90. The molecule has 1 atom stereocenters. The number of carbonyl (C=O) groups excluding carboxylic acids is 2. The molecule has 5 nitrogen and oxygen atoms in total. The smallest absolute Gasteiger partial charge is 0.255 e. The molecule has 1 unspecified atom stereocenters. The lowest BCUT2D eigenvalue weighted by Crippen LogP contribution is -2.41. The van der Waals surface area contributed by atoms with Crippen molar-refractivity contribution in [3.05, 3.63) is 23.8 Å².